The van der Waals surface area contributed by atoms with Crippen LogP contribution in [-0.4, -0.2) is 134 Å². The summed E-state index contributed by atoms with van der Waals surface area (Å²) in [6.45, 7) is 9.32. The third-order valence-corrected chi connectivity index (χ3v) is 16.0. The number of rotatable bonds is 7. The first-order chi connectivity index (χ1) is 28.3. The fourth-order valence-electron chi connectivity index (χ4n) is 13.9. The zero-order chi connectivity index (χ0) is 41.4. The number of esters is 3. The quantitative estimate of drug-likeness (QED) is 0.154. The van der Waals surface area contributed by atoms with Crippen LogP contribution in [0.15, 0.2) is 48.6 Å². The van der Waals surface area contributed by atoms with Crippen LogP contribution < -0.4 is 9.64 Å². The molecule has 1 saturated carbocycles. The van der Waals surface area contributed by atoms with Crippen molar-refractivity contribution in [1.82, 2.24) is 14.8 Å². The number of epoxide rings is 1. The first-order valence-electron chi connectivity index (χ1n) is 21.3. The maximum Gasteiger partial charge on any atom is 0.344 e. The van der Waals surface area contributed by atoms with E-state index in [-0.39, 0.29) is 23.7 Å². The van der Waals surface area contributed by atoms with Gasteiger partial charge in [-0.05, 0) is 61.9 Å². The largest absolute Gasteiger partial charge is 0.496 e. The molecule has 2 aromatic carbocycles. The van der Waals surface area contributed by atoms with E-state index in [2.05, 4.69) is 52.1 Å². The molecule has 2 N–H and O–H groups in total. The minimum atomic E-state index is -2.29. The summed E-state index contributed by atoms with van der Waals surface area (Å²) in [5, 5.41) is 14.4. The van der Waals surface area contributed by atoms with Gasteiger partial charge >= 0.3 is 17.9 Å². The predicted octanol–water partition coefficient (Wildman–Crippen LogP) is 4.01. The van der Waals surface area contributed by atoms with Gasteiger partial charge in [0.2, 0.25) is 5.60 Å². The van der Waals surface area contributed by atoms with Crippen molar-refractivity contribution >= 4 is 34.5 Å². The van der Waals surface area contributed by atoms with Crippen LogP contribution in [0.2, 0.25) is 0 Å². The summed E-state index contributed by atoms with van der Waals surface area (Å²) >= 11 is 0. The molecule has 7 aliphatic rings. The summed E-state index contributed by atoms with van der Waals surface area (Å²) in [6, 6.07) is 11.2. The molecule has 7 heterocycles. The van der Waals surface area contributed by atoms with Crippen molar-refractivity contribution in [2.75, 3.05) is 66.0 Å². The molecular weight excluding hydrogens is 753 g/mol. The fraction of sp³-hybridized carbons (Fsp3) is 0.587. The second kappa shape index (κ2) is 13.0. The number of likely N-dealkylation sites (N-methyl/N-ethyl adjacent to an activating group) is 1. The molecule has 3 aromatic rings. The van der Waals surface area contributed by atoms with E-state index in [0.29, 0.717) is 50.1 Å². The van der Waals surface area contributed by atoms with Crippen molar-refractivity contribution in [3.63, 3.8) is 0 Å². The number of para-hydroxylation sites is 1. The van der Waals surface area contributed by atoms with E-state index < -0.39 is 51.9 Å². The number of anilines is 1. The first kappa shape index (κ1) is 38.8. The standard InChI is InChI=1S/C46H56N4O9/c1-8-42-16-12-18-50-20-17-44(37(42)50)30-21-31(34(55-5)22-33(30)48(4)38(44)46(54,41(53)57-7)39(42)58-26(3)51)45(40(52)56-6)23-27-24-49(25-43(9-2)36(27)59-43)19-15-29-28-13-10-11-14-32(28)47-35(29)45/h10-14,16,21-22,27,36-39,47,54H,8-9,15,17-20,23-25H2,1-7H3/t27-,36?,37-,38+,39+,42+,43?,44+,45-,46-/m0/s1. The Morgan fingerprint density at radius 1 is 1.00 bits per heavy atom. The maximum atomic E-state index is 15.4. The van der Waals surface area contributed by atoms with Crippen molar-refractivity contribution in [3.05, 3.63) is 70.9 Å². The molecular formula is C46H56N4O9. The maximum absolute atomic E-state index is 15.4. The number of ether oxygens (including phenoxy) is 5. The van der Waals surface area contributed by atoms with Crippen molar-refractivity contribution in [1.29, 1.82) is 0 Å². The number of aromatic nitrogens is 1. The van der Waals surface area contributed by atoms with Crippen molar-refractivity contribution < 1.29 is 43.2 Å². The van der Waals surface area contributed by atoms with Crippen molar-refractivity contribution in [2.24, 2.45) is 11.3 Å². The van der Waals surface area contributed by atoms with Gasteiger partial charge in [-0.15, -0.1) is 0 Å². The van der Waals surface area contributed by atoms with Gasteiger partial charge in [0.1, 0.15) is 16.8 Å². The van der Waals surface area contributed by atoms with E-state index >= 15 is 4.79 Å². The Bertz CT molecular complexity index is 2310. The molecule has 13 heteroatoms. The van der Waals surface area contributed by atoms with Gasteiger partial charge in [-0.2, -0.15) is 0 Å². The number of methoxy groups -OCH3 is 3. The number of aliphatic hydroxyl groups is 1. The number of H-pyrrole nitrogens is 1. The minimum Gasteiger partial charge on any atom is -0.496 e. The summed E-state index contributed by atoms with van der Waals surface area (Å²) in [4.78, 5) is 53.5. The van der Waals surface area contributed by atoms with E-state index in [1.165, 1.54) is 21.1 Å². The summed E-state index contributed by atoms with van der Waals surface area (Å²) < 4.78 is 30.7. The van der Waals surface area contributed by atoms with E-state index in [4.69, 9.17) is 23.7 Å². The number of piperidine rings is 1. The van der Waals surface area contributed by atoms with Crippen LogP contribution in [0, 0.1) is 11.3 Å². The van der Waals surface area contributed by atoms with Gasteiger partial charge in [0, 0.05) is 96.9 Å². The number of nitrogens with zero attached hydrogens (tertiary/aromatic N) is 3. The SMILES string of the molecule is CCC12CN3CCc4c([nH]c5ccccc45)[C@@](C(=O)OC)(c4cc5c(cc4OC)N(C)[C@H]4[C@@](O)(C(=O)OC)[C@H](OC(C)=O)[C@]6(CC)C=CCN7CC[C@]54[C@@H]76)C[C@@H](C3)C1O2. The Labute approximate surface area is 344 Å². The molecule has 3 unspecified atom stereocenters. The zero-order valence-electron chi connectivity index (χ0n) is 35.1. The lowest BCUT2D eigenvalue weighted by molar-refractivity contribution is -0.228. The number of fused-ring (bicyclic) bond motifs is 8. The van der Waals surface area contributed by atoms with Gasteiger partial charge in [-0.1, -0.05) is 44.2 Å². The highest BCUT2D eigenvalue weighted by Crippen LogP contribution is 2.68. The molecule has 1 aromatic heterocycles. The second-order valence-electron chi connectivity index (χ2n) is 18.3. The lowest BCUT2D eigenvalue weighted by Gasteiger charge is -2.63. The molecule has 2 bridgehead atoms. The van der Waals surface area contributed by atoms with Gasteiger partial charge in [0.15, 0.2) is 6.10 Å². The Morgan fingerprint density at radius 2 is 1.78 bits per heavy atom. The average Bonchev–Trinajstić information content (AvgIpc) is 3.53. The third kappa shape index (κ3) is 4.73. The van der Waals surface area contributed by atoms with E-state index in [9.17, 15) is 14.7 Å². The number of hydrogen-bond donors (Lipinski definition) is 2. The molecule has 6 aliphatic heterocycles. The molecule has 0 amide bonds. The average molecular weight is 809 g/mol. The lowest BCUT2D eigenvalue weighted by atomic mass is 9.47. The molecule has 3 saturated heterocycles. The molecule has 0 radical (unpaired) electrons. The molecule has 59 heavy (non-hydrogen) atoms. The number of benzene rings is 2. The Hall–Kier alpha value is -4.43. The van der Waals surface area contributed by atoms with Gasteiger partial charge < -0.3 is 38.7 Å². The Kier molecular flexibility index (Phi) is 8.56. The van der Waals surface area contributed by atoms with Crippen LogP contribution in [0.25, 0.3) is 10.9 Å². The van der Waals surface area contributed by atoms with Gasteiger partial charge in [-0.25, -0.2) is 4.79 Å². The number of aromatic amines is 1. The van der Waals surface area contributed by atoms with Crippen LogP contribution >= 0.6 is 0 Å². The van der Waals surface area contributed by atoms with Gasteiger partial charge in [0.05, 0.1) is 33.5 Å². The van der Waals surface area contributed by atoms with E-state index in [1.54, 1.807) is 7.11 Å². The summed E-state index contributed by atoms with van der Waals surface area (Å²) in [5.41, 5.74) is -0.627. The topological polar surface area (TPSA) is 146 Å². The first-order valence-corrected chi connectivity index (χ1v) is 21.3. The molecule has 1 spiro atoms. The van der Waals surface area contributed by atoms with Crippen molar-refractivity contribution in [3.8, 4) is 5.75 Å². The molecule has 10 rings (SSSR count). The third-order valence-electron chi connectivity index (χ3n) is 16.0. The van der Waals surface area contributed by atoms with Crippen molar-refractivity contribution in [2.45, 2.75) is 99.2 Å². The monoisotopic (exact) mass is 808 g/mol. The predicted molar refractivity (Wildman–Crippen MR) is 218 cm³/mol. The highest BCUT2D eigenvalue weighted by atomic mass is 16.6. The molecule has 13 nitrogen and oxygen atoms in total. The van der Waals surface area contributed by atoms with Gasteiger partial charge in [0.25, 0.3) is 0 Å². The summed E-state index contributed by atoms with van der Waals surface area (Å²) in [5.74, 6) is -1.37. The highest BCUT2D eigenvalue weighted by molar-refractivity contribution is 5.95. The Balaban J connectivity index is 1.28. The number of hydrogen-bond acceptors (Lipinski definition) is 12. The molecule has 1 aliphatic carbocycles. The lowest BCUT2D eigenvalue weighted by Crippen LogP contribution is -2.81. The number of carbonyl (C=O) groups is 3. The van der Waals surface area contributed by atoms with Crippen LogP contribution in [0.5, 0.6) is 5.75 Å². The Morgan fingerprint density at radius 3 is 2.49 bits per heavy atom. The number of nitrogens with one attached hydrogen (secondary N) is 1. The zero-order valence-corrected chi connectivity index (χ0v) is 35.1. The van der Waals surface area contributed by atoms with Gasteiger partial charge in [-0.3, -0.25) is 19.4 Å². The van der Waals surface area contributed by atoms with Crippen LogP contribution in [0.1, 0.15) is 68.8 Å². The molecule has 11 atom stereocenters. The summed E-state index contributed by atoms with van der Waals surface area (Å²) in [7, 11) is 6.23. The van der Waals surface area contributed by atoms with E-state index in [0.717, 1.165) is 59.5 Å². The van der Waals surface area contributed by atoms with E-state index in [1.807, 2.05) is 37.1 Å². The van der Waals surface area contributed by atoms with Crippen LogP contribution in [-0.2, 0) is 50.6 Å². The van der Waals surface area contributed by atoms with Crippen LogP contribution in [0.4, 0.5) is 5.69 Å². The normalized spacial score (nSPS) is 38.7. The minimum absolute atomic E-state index is 0.00603. The summed E-state index contributed by atoms with van der Waals surface area (Å²) in [6.07, 6.45) is 5.94. The highest BCUT2D eigenvalue weighted by Gasteiger charge is 2.80. The van der Waals surface area contributed by atoms with Crippen LogP contribution in [0.3, 0.4) is 0 Å². The fourth-order valence-corrected chi connectivity index (χ4v) is 13.9. The smallest absolute Gasteiger partial charge is 0.344 e. The second-order valence-corrected chi connectivity index (χ2v) is 18.3. The molecule has 314 valence electrons. The molecule has 4 fully saturated rings. The number of carbonyl (C=O) groups excluding carboxylic acids is 3.